The van der Waals surface area contributed by atoms with Crippen molar-refractivity contribution >= 4 is 22.8 Å². The number of imidazole rings is 1. The zero-order valence-corrected chi connectivity index (χ0v) is 23.9. The quantitative estimate of drug-likeness (QED) is 0.297. The van der Waals surface area contributed by atoms with Gasteiger partial charge < -0.3 is 14.2 Å². The van der Waals surface area contributed by atoms with Crippen LogP contribution >= 0.6 is 0 Å². The predicted molar refractivity (Wildman–Crippen MR) is 148 cm³/mol. The number of aromatic nitrogens is 6. The minimum Gasteiger partial charge on any atom is -0.376 e. The molecule has 2 saturated heterocycles. The van der Waals surface area contributed by atoms with E-state index in [2.05, 4.69) is 31.5 Å². The molecule has 0 N–H and O–H groups in total. The Bertz CT molecular complexity index is 1620. The molecule has 0 spiro atoms. The van der Waals surface area contributed by atoms with Crippen molar-refractivity contribution in [1.82, 2.24) is 34.0 Å². The lowest BCUT2D eigenvalue weighted by Crippen LogP contribution is -2.59. The second-order valence-corrected chi connectivity index (χ2v) is 12.2. The average molecular weight is 587 g/mol. The average Bonchev–Trinajstić information content (AvgIpc) is 3.68. The monoisotopic (exact) mass is 586 g/mol. The molecule has 9 nitrogen and oxygen atoms in total. The van der Waals surface area contributed by atoms with Gasteiger partial charge in [0, 0.05) is 50.7 Å². The highest BCUT2D eigenvalue weighted by atomic mass is 19.3. The number of hydrogen-bond donors (Lipinski definition) is 0. The van der Waals surface area contributed by atoms with Crippen LogP contribution in [0.5, 0.6) is 0 Å². The molecule has 1 aliphatic carbocycles. The van der Waals surface area contributed by atoms with E-state index in [9.17, 15) is 17.6 Å². The zero-order chi connectivity index (χ0) is 29.3. The summed E-state index contributed by atoms with van der Waals surface area (Å²) in [4.78, 5) is 14.2. The lowest BCUT2D eigenvalue weighted by molar-refractivity contribution is -0.137. The Morgan fingerprint density at radius 2 is 1.88 bits per heavy atom. The molecule has 2 aliphatic heterocycles. The molecule has 13 heteroatoms. The number of benzene rings is 1. The van der Waals surface area contributed by atoms with Crippen LogP contribution in [-0.2, 0) is 11.3 Å². The van der Waals surface area contributed by atoms with E-state index in [0.29, 0.717) is 36.8 Å². The summed E-state index contributed by atoms with van der Waals surface area (Å²) in [5, 5.41) is 8.38. The molecule has 3 aromatic heterocycles. The maximum Gasteiger partial charge on any atom is 0.258 e. The smallest absolute Gasteiger partial charge is 0.258 e. The first-order chi connectivity index (χ1) is 20.1. The van der Waals surface area contributed by atoms with E-state index in [1.165, 1.54) is 6.07 Å². The van der Waals surface area contributed by atoms with Crippen LogP contribution in [0.1, 0.15) is 57.0 Å². The number of anilines is 1. The number of ether oxygens (including phenoxy) is 1. The van der Waals surface area contributed by atoms with E-state index in [1.54, 1.807) is 6.33 Å². The minimum absolute atomic E-state index is 0.0840. The Morgan fingerprint density at radius 3 is 2.60 bits per heavy atom. The van der Waals surface area contributed by atoms with Gasteiger partial charge in [-0.2, -0.15) is 4.98 Å². The first-order valence-electron chi connectivity index (χ1n) is 14.6. The summed E-state index contributed by atoms with van der Waals surface area (Å²) in [6.45, 7) is 8.55. The fourth-order valence-electron chi connectivity index (χ4n) is 7.16. The van der Waals surface area contributed by atoms with Crippen molar-refractivity contribution in [2.45, 2.75) is 83.2 Å². The van der Waals surface area contributed by atoms with E-state index in [-0.39, 0.29) is 36.9 Å². The van der Waals surface area contributed by atoms with E-state index in [4.69, 9.17) is 14.7 Å². The van der Waals surface area contributed by atoms with Gasteiger partial charge in [-0.1, -0.05) is 6.07 Å². The molecular formula is C29H34F4N8O. The molecule has 7 rings (SSSR count). The Balaban J connectivity index is 1.24. The number of hydrogen-bond acceptors (Lipinski definition) is 7. The predicted octanol–water partition coefficient (Wildman–Crippen LogP) is 4.93. The SMILES string of the molecule is Cc1nc2c(N3C[C@@H](C)N([C@H](c4ccc(F)c(F)c4)C4CC(F)(F)C4)C[C@@H]3C)nc3nncn3c2n1CC1CCCO1. The van der Waals surface area contributed by atoms with Crippen LogP contribution in [0.25, 0.3) is 16.9 Å². The van der Waals surface area contributed by atoms with Gasteiger partial charge >= 0.3 is 0 Å². The maximum absolute atomic E-state index is 14.3. The third-order valence-electron chi connectivity index (χ3n) is 9.23. The lowest BCUT2D eigenvalue weighted by Gasteiger charge is -2.52. The molecule has 1 aromatic carbocycles. The highest BCUT2D eigenvalue weighted by Gasteiger charge is 2.51. The highest BCUT2D eigenvalue weighted by Crippen LogP contribution is 2.51. The van der Waals surface area contributed by atoms with Gasteiger partial charge in [-0.05, 0) is 57.2 Å². The molecule has 1 saturated carbocycles. The summed E-state index contributed by atoms with van der Waals surface area (Å²) in [7, 11) is 0. The first kappa shape index (κ1) is 27.5. The molecule has 3 fully saturated rings. The number of piperazine rings is 1. The minimum atomic E-state index is -2.73. The highest BCUT2D eigenvalue weighted by molar-refractivity contribution is 5.87. The van der Waals surface area contributed by atoms with E-state index in [1.807, 2.05) is 18.2 Å². The van der Waals surface area contributed by atoms with E-state index in [0.717, 1.165) is 48.6 Å². The summed E-state index contributed by atoms with van der Waals surface area (Å²) in [6.07, 6.45) is 3.24. The van der Waals surface area contributed by atoms with Crippen molar-refractivity contribution in [2.75, 3.05) is 24.6 Å². The summed E-state index contributed by atoms with van der Waals surface area (Å²) in [6, 6.07) is 3.13. The molecule has 3 aliphatic rings. The fourth-order valence-corrected chi connectivity index (χ4v) is 7.16. The molecule has 0 amide bonds. The van der Waals surface area contributed by atoms with Crippen LogP contribution in [0.2, 0.25) is 0 Å². The van der Waals surface area contributed by atoms with Gasteiger partial charge in [0.2, 0.25) is 5.92 Å². The zero-order valence-electron chi connectivity index (χ0n) is 23.9. The Kier molecular flexibility index (Phi) is 6.65. The van der Waals surface area contributed by atoms with Crippen LogP contribution in [0.4, 0.5) is 23.4 Å². The van der Waals surface area contributed by atoms with Crippen molar-refractivity contribution < 1.29 is 22.3 Å². The second-order valence-electron chi connectivity index (χ2n) is 12.2. The Morgan fingerprint density at radius 1 is 1.07 bits per heavy atom. The largest absolute Gasteiger partial charge is 0.376 e. The number of fused-ring (bicyclic) bond motifs is 3. The maximum atomic E-state index is 14.3. The molecule has 1 unspecified atom stereocenters. The van der Waals surface area contributed by atoms with Crippen LogP contribution in [-0.4, -0.2) is 77.8 Å². The van der Waals surface area contributed by atoms with Gasteiger partial charge in [0.15, 0.2) is 23.1 Å². The van der Waals surface area contributed by atoms with Crippen molar-refractivity contribution in [2.24, 2.45) is 5.92 Å². The van der Waals surface area contributed by atoms with Gasteiger partial charge in [-0.3, -0.25) is 4.90 Å². The van der Waals surface area contributed by atoms with Crippen molar-refractivity contribution in [1.29, 1.82) is 0 Å². The number of alkyl halides is 2. The molecule has 0 radical (unpaired) electrons. The number of aryl methyl sites for hydroxylation is 1. The summed E-state index contributed by atoms with van der Waals surface area (Å²) in [5.74, 6) is -3.02. The third-order valence-corrected chi connectivity index (χ3v) is 9.23. The van der Waals surface area contributed by atoms with E-state index >= 15 is 0 Å². The number of nitrogens with zero attached hydrogens (tertiary/aromatic N) is 8. The first-order valence-corrected chi connectivity index (χ1v) is 14.6. The van der Waals surface area contributed by atoms with Crippen molar-refractivity contribution in [3.8, 4) is 0 Å². The number of halogens is 4. The summed E-state index contributed by atoms with van der Waals surface area (Å²) in [5.41, 5.74) is 2.11. The van der Waals surface area contributed by atoms with Gasteiger partial charge in [0.1, 0.15) is 17.7 Å². The molecular weight excluding hydrogens is 552 g/mol. The van der Waals surface area contributed by atoms with Crippen LogP contribution < -0.4 is 4.90 Å². The Hall–Kier alpha value is -3.32. The summed E-state index contributed by atoms with van der Waals surface area (Å²) >= 11 is 0. The molecule has 5 heterocycles. The van der Waals surface area contributed by atoms with Gasteiger partial charge in [0.05, 0.1) is 12.6 Å². The molecule has 224 valence electrons. The lowest BCUT2D eigenvalue weighted by atomic mass is 9.73. The third kappa shape index (κ3) is 4.61. The van der Waals surface area contributed by atoms with Gasteiger partial charge in [-0.25, -0.2) is 26.9 Å². The van der Waals surface area contributed by atoms with Crippen molar-refractivity contribution in [3.63, 3.8) is 0 Å². The molecule has 4 aromatic rings. The molecule has 42 heavy (non-hydrogen) atoms. The standard InChI is InChI=1S/C29H34F4N8O/c1-16-13-39(17(2)12-38(16)25(20-10-29(32,33)11-20)19-6-7-22(30)23(31)9-19)26-24-27(41-15-34-37-28(41)36-26)40(18(3)35-24)14-21-5-4-8-42-21/h6-7,9,15-17,20-21,25H,4-5,8,10-14H2,1-3H3/t16-,17+,21?,25-/m1/s1. The fraction of sp³-hybridized carbons (Fsp3) is 0.586. The van der Waals surface area contributed by atoms with Crippen LogP contribution in [0, 0.1) is 24.5 Å². The molecule has 0 bridgehead atoms. The summed E-state index contributed by atoms with van der Waals surface area (Å²) < 4.78 is 66.1. The second kappa shape index (κ2) is 10.1. The van der Waals surface area contributed by atoms with Crippen molar-refractivity contribution in [3.05, 3.63) is 47.5 Å². The topological polar surface area (TPSA) is 76.6 Å². The van der Waals surface area contributed by atoms with Gasteiger partial charge in [0.25, 0.3) is 5.78 Å². The number of rotatable bonds is 6. The van der Waals surface area contributed by atoms with Gasteiger partial charge in [-0.15, -0.1) is 10.2 Å². The normalized spacial score (nSPS) is 25.9. The van der Waals surface area contributed by atoms with Crippen LogP contribution in [0.3, 0.4) is 0 Å². The van der Waals surface area contributed by atoms with Crippen LogP contribution in [0.15, 0.2) is 24.5 Å². The van der Waals surface area contributed by atoms with E-state index < -0.39 is 23.6 Å². The molecule has 4 atom stereocenters. The Labute approximate surface area is 240 Å².